The van der Waals surface area contributed by atoms with E-state index in [0.29, 0.717) is 22.7 Å². The Kier molecular flexibility index (Phi) is 4.99. The largest absolute Gasteiger partial charge is 0.355 e. The van der Waals surface area contributed by atoms with Crippen molar-refractivity contribution in [2.24, 2.45) is 0 Å². The van der Waals surface area contributed by atoms with Crippen molar-refractivity contribution in [2.75, 3.05) is 7.05 Å². The number of nitrogens with one attached hydrogen (secondary N) is 1. The molecule has 32 heavy (non-hydrogen) atoms. The van der Waals surface area contributed by atoms with Crippen LogP contribution in [0, 0.1) is 5.82 Å². The second-order valence-electron chi connectivity index (χ2n) is 7.13. The van der Waals surface area contributed by atoms with E-state index in [4.69, 9.17) is 11.6 Å². The third kappa shape index (κ3) is 3.44. The van der Waals surface area contributed by atoms with Gasteiger partial charge in [0.2, 0.25) is 0 Å². The lowest BCUT2D eigenvalue weighted by atomic mass is 10.1. The second-order valence-corrected chi connectivity index (χ2v) is 7.57. The second kappa shape index (κ2) is 7.97. The molecular weight excluding hydrogens is 431 g/mol. The Balaban J connectivity index is 1.55. The summed E-state index contributed by atoms with van der Waals surface area (Å²) < 4.78 is 16.0. The average molecular weight is 447 g/mol. The number of nitrogens with zero attached hydrogens (tertiary/aromatic N) is 5. The highest BCUT2D eigenvalue weighted by Crippen LogP contribution is 2.31. The number of alkyl halides is 1. The third-order valence-electron chi connectivity index (χ3n) is 5.17. The van der Waals surface area contributed by atoms with Gasteiger partial charge in [0.05, 0.1) is 29.2 Å². The Labute approximate surface area is 186 Å². The third-order valence-corrected chi connectivity index (χ3v) is 5.65. The number of rotatable bonds is 4. The lowest BCUT2D eigenvalue weighted by Gasteiger charge is -2.11. The molecule has 3 heterocycles. The van der Waals surface area contributed by atoms with Crippen molar-refractivity contribution >= 4 is 34.2 Å². The van der Waals surface area contributed by atoms with Crippen molar-refractivity contribution in [1.29, 1.82) is 0 Å². The predicted molar refractivity (Wildman–Crippen MR) is 119 cm³/mol. The SMILES string of the molecule is CNC(=O)c1ccc(-c2cnc3ncc(C(Cl)c4ccc5ncccc5c4)n3n2)cc1F. The monoisotopic (exact) mass is 446 g/mol. The first-order valence-electron chi connectivity index (χ1n) is 9.76. The van der Waals surface area contributed by atoms with E-state index < -0.39 is 17.1 Å². The standard InChI is InChI=1S/C23H16ClFN6O/c1-26-22(32)16-6-4-14(10-17(16)25)19-11-28-23-29-12-20(31(23)30-19)21(24)15-5-7-18-13(9-15)3-2-8-27-18/h2-12,21H,1H3,(H,26,32). The molecule has 0 radical (unpaired) electrons. The number of carbonyl (C=O) groups excluding carboxylic acids is 1. The summed E-state index contributed by atoms with van der Waals surface area (Å²) in [6.45, 7) is 0. The highest BCUT2D eigenvalue weighted by molar-refractivity contribution is 6.22. The summed E-state index contributed by atoms with van der Waals surface area (Å²) in [6.07, 6.45) is 4.87. The van der Waals surface area contributed by atoms with Crippen LogP contribution in [-0.4, -0.2) is 37.5 Å². The molecule has 2 aromatic carbocycles. The summed E-state index contributed by atoms with van der Waals surface area (Å²) in [5.74, 6) is -0.767. The van der Waals surface area contributed by atoms with E-state index in [1.165, 1.54) is 25.4 Å². The number of aromatic nitrogens is 5. The summed E-state index contributed by atoms with van der Waals surface area (Å²) in [5, 5.41) is 7.43. The van der Waals surface area contributed by atoms with E-state index in [9.17, 15) is 9.18 Å². The number of carbonyl (C=O) groups is 1. The Hall–Kier alpha value is -3.91. The van der Waals surface area contributed by atoms with Gasteiger partial charge in [0.1, 0.15) is 16.9 Å². The Bertz CT molecular complexity index is 1480. The Morgan fingerprint density at radius 3 is 2.75 bits per heavy atom. The molecule has 158 valence electrons. The van der Waals surface area contributed by atoms with Crippen LogP contribution < -0.4 is 5.32 Å². The molecule has 1 unspecified atom stereocenters. The normalized spacial score (nSPS) is 12.2. The summed E-state index contributed by atoms with van der Waals surface area (Å²) in [5.41, 5.74) is 3.23. The number of pyridine rings is 1. The molecule has 0 bridgehead atoms. The zero-order valence-corrected chi connectivity index (χ0v) is 17.6. The number of hydrogen-bond donors (Lipinski definition) is 1. The summed E-state index contributed by atoms with van der Waals surface area (Å²) >= 11 is 6.79. The average Bonchev–Trinajstić information content (AvgIpc) is 3.26. The van der Waals surface area contributed by atoms with E-state index in [1.54, 1.807) is 23.0 Å². The fourth-order valence-electron chi connectivity index (χ4n) is 3.51. The minimum Gasteiger partial charge on any atom is -0.355 e. The number of halogens is 2. The molecule has 0 saturated heterocycles. The highest BCUT2D eigenvalue weighted by Gasteiger charge is 2.19. The van der Waals surface area contributed by atoms with Crippen molar-refractivity contribution < 1.29 is 9.18 Å². The van der Waals surface area contributed by atoms with Crippen LogP contribution in [0.2, 0.25) is 0 Å². The van der Waals surface area contributed by atoms with Crippen LogP contribution >= 0.6 is 11.6 Å². The van der Waals surface area contributed by atoms with Crippen LogP contribution in [0.3, 0.4) is 0 Å². The van der Waals surface area contributed by atoms with Crippen molar-refractivity contribution in [3.63, 3.8) is 0 Å². The zero-order chi connectivity index (χ0) is 22.2. The molecule has 1 N–H and O–H groups in total. The van der Waals surface area contributed by atoms with E-state index in [2.05, 4.69) is 25.4 Å². The maximum absolute atomic E-state index is 14.4. The Morgan fingerprint density at radius 1 is 1.09 bits per heavy atom. The minimum atomic E-state index is -0.644. The van der Waals surface area contributed by atoms with E-state index in [1.807, 2.05) is 30.3 Å². The van der Waals surface area contributed by atoms with Gasteiger partial charge in [0.25, 0.3) is 11.7 Å². The number of hydrogen-bond acceptors (Lipinski definition) is 5. The lowest BCUT2D eigenvalue weighted by Crippen LogP contribution is -2.19. The van der Waals surface area contributed by atoms with Gasteiger partial charge in [-0.25, -0.2) is 14.4 Å². The van der Waals surface area contributed by atoms with Crippen LogP contribution in [0.5, 0.6) is 0 Å². The molecule has 0 aliphatic rings. The summed E-state index contributed by atoms with van der Waals surface area (Å²) in [4.78, 5) is 24.7. The van der Waals surface area contributed by atoms with E-state index >= 15 is 0 Å². The van der Waals surface area contributed by atoms with Gasteiger partial charge in [-0.3, -0.25) is 9.78 Å². The zero-order valence-electron chi connectivity index (χ0n) is 16.8. The van der Waals surface area contributed by atoms with Crippen LogP contribution in [0.25, 0.3) is 27.9 Å². The van der Waals surface area contributed by atoms with Crippen LogP contribution in [0.15, 0.2) is 67.1 Å². The number of benzene rings is 2. The summed E-state index contributed by atoms with van der Waals surface area (Å²) in [7, 11) is 1.45. The molecule has 3 aromatic heterocycles. The maximum Gasteiger partial charge on any atom is 0.253 e. The van der Waals surface area contributed by atoms with Crippen molar-refractivity contribution in [2.45, 2.75) is 5.38 Å². The maximum atomic E-state index is 14.4. The van der Waals surface area contributed by atoms with Gasteiger partial charge >= 0.3 is 0 Å². The van der Waals surface area contributed by atoms with Crippen LogP contribution in [0.4, 0.5) is 4.39 Å². The molecule has 1 atom stereocenters. The topological polar surface area (TPSA) is 85.1 Å². The van der Waals surface area contributed by atoms with E-state index in [-0.39, 0.29) is 5.56 Å². The first-order valence-corrected chi connectivity index (χ1v) is 10.2. The van der Waals surface area contributed by atoms with Crippen molar-refractivity contribution in [3.8, 4) is 11.3 Å². The van der Waals surface area contributed by atoms with Crippen molar-refractivity contribution in [1.82, 2.24) is 29.9 Å². The summed E-state index contributed by atoms with van der Waals surface area (Å²) in [6, 6.07) is 13.9. The lowest BCUT2D eigenvalue weighted by molar-refractivity contribution is 0.0959. The van der Waals surface area contributed by atoms with Crippen LogP contribution in [-0.2, 0) is 0 Å². The first kappa shape index (κ1) is 20.0. The Morgan fingerprint density at radius 2 is 1.94 bits per heavy atom. The fourth-order valence-corrected chi connectivity index (χ4v) is 3.80. The molecule has 1 amide bonds. The number of amides is 1. The minimum absolute atomic E-state index is 0.0415. The molecule has 0 spiro atoms. The molecule has 0 saturated carbocycles. The number of fused-ring (bicyclic) bond motifs is 2. The molecule has 9 heteroatoms. The van der Waals surface area contributed by atoms with Gasteiger partial charge in [0.15, 0.2) is 0 Å². The first-order chi connectivity index (χ1) is 15.5. The fraction of sp³-hybridized carbons (Fsp3) is 0.0870. The quantitative estimate of drug-likeness (QED) is 0.419. The molecule has 5 aromatic rings. The van der Waals surface area contributed by atoms with E-state index in [0.717, 1.165) is 16.5 Å². The number of imidazole rings is 1. The van der Waals surface area contributed by atoms with Gasteiger partial charge in [-0.15, -0.1) is 11.6 Å². The molecule has 0 fully saturated rings. The smallest absolute Gasteiger partial charge is 0.253 e. The predicted octanol–water partition coefficient (Wildman–Crippen LogP) is 4.17. The van der Waals surface area contributed by atoms with Gasteiger partial charge in [-0.2, -0.15) is 9.61 Å². The van der Waals surface area contributed by atoms with Gasteiger partial charge in [0, 0.05) is 24.2 Å². The molecule has 7 nitrogen and oxygen atoms in total. The van der Waals surface area contributed by atoms with Gasteiger partial charge in [-0.05, 0) is 35.9 Å². The van der Waals surface area contributed by atoms with Gasteiger partial charge < -0.3 is 5.32 Å². The molecular formula is C23H16ClFN6O. The molecule has 5 rings (SSSR count). The van der Waals surface area contributed by atoms with Crippen molar-refractivity contribution in [3.05, 3.63) is 89.8 Å². The molecule has 0 aliphatic heterocycles. The van der Waals surface area contributed by atoms with Crippen LogP contribution in [0.1, 0.15) is 27.0 Å². The van der Waals surface area contributed by atoms with Gasteiger partial charge in [-0.1, -0.05) is 18.2 Å². The highest BCUT2D eigenvalue weighted by atomic mass is 35.5. The molecule has 0 aliphatic carbocycles.